The lowest BCUT2D eigenvalue weighted by atomic mass is 10.0. The van der Waals surface area contributed by atoms with Crippen molar-refractivity contribution < 1.29 is 13.6 Å². The van der Waals surface area contributed by atoms with E-state index in [0.29, 0.717) is 45.4 Å². The summed E-state index contributed by atoms with van der Waals surface area (Å²) in [7, 11) is 0. The van der Waals surface area contributed by atoms with E-state index >= 15 is 4.39 Å². The van der Waals surface area contributed by atoms with Crippen molar-refractivity contribution in [3.8, 4) is 11.3 Å². The van der Waals surface area contributed by atoms with Gasteiger partial charge in [0, 0.05) is 22.7 Å². The minimum Gasteiger partial charge on any atom is -0.366 e. The Morgan fingerprint density at radius 2 is 1.97 bits per heavy atom. The first-order valence-electron chi connectivity index (χ1n) is 10.3. The molecule has 0 radical (unpaired) electrons. The highest BCUT2D eigenvalue weighted by Gasteiger charge is 2.21. The highest BCUT2D eigenvalue weighted by atomic mass is 19.1. The van der Waals surface area contributed by atoms with E-state index in [-0.39, 0.29) is 11.4 Å². The first-order valence-corrected chi connectivity index (χ1v) is 10.3. The van der Waals surface area contributed by atoms with Crippen LogP contribution in [0.5, 0.6) is 0 Å². The Hall–Kier alpha value is -4.27. The molecule has 0 saturated heterocycles. The molecule has 1 atom stereocenters. The smallest absolute Gasteiger partial charge is 0.251 e. The largest absolute Gasteiger partial charge is 0.366 e. The van der Waals surface area contributed by atoms with Gasteiger partial charge in [0.15, 0.2) is 11.3 Å². The first kappa shape index (κ1) is 20.6. The zero-order chi connectivity index (χ0) is 23.1. The average Bonchev–Trinajstić information content (AvgIpc) is 3.24. The average molecular weight is 444 g/mol. The van der Waals surface area contributed by atoms with Crippen molar-refractivity contribution in [3.05, 3.63) is 83.9 Å². The molecule has 33 heavy (non-hydrogen) atoms. The fourth-order valence-electron chi connectivity index (χ4n) is 4.01. The maximum Gasteiger partial charge on any atom is 0.251 e. The maximum atomic E-state index is 15.4. The molecule has 0 fully saturated rings. The first-order chi connectivity index (χ1) is 16.0. The van der Waals surface area contributed by atoms with Crippen LogP contribution in [0.25, 0.3) is 33.5 Å². The van der Waals surface area contributed by atoms with Gasteiger partial charge in [0.1, 0.15) is 11.6 Å². The van der Waals surface area contributed by atoms with Gasteiger partial charge in [-0.25, -0.2) is 23.7 Å². The molecule has 5 aromatic rings. The summed E-state index contributed by atoms with van der Waals surface area (Å²) in [6, 6.07) is 10.6. The number of primary amides is 1. The Morgan fingerprint density at radius 3 is 2.73 bits per heavy atom. The second-order valence-corrected chi connectivity index (χ2v) is 7.58. The molecule has 0 saturated carbocycles. The van der Waals surface area contributed by atoms with Gasteiger partial charge >= 0.3 is 0 Å². The van der Waals surface area contributed by atoms with Gasteiger partial charge in [-0.15, -0.1) is 0 Å². The number of aromatic nitrogens is 5. The lowest BCUT2D eigenvalue weighted by Crippen LogP contribution is -2.13. The molecule has 7 nitrogen and oxygen atoms in total. The van der Waals surface area contributed by atoms with Crippen LogP contribution in [0.3, 0.4) is 0 Å². The Kier molecular flexibility index (Phi) is 5.01. The summed E-state index contributed by atoms with van der Waals surface area (Å²) in [5.74, 6) is -1.94. The minimum atomic E-state index is -0.850. The fourth-order valence-corrected chi connectivity index (χ4v) is 4.01. The number of hydrogen-bond donors (Lipinski definition) is 1. The van der Waals surface area contributed by atoms with E-state index < -0.39 is 17.8 Å². The van der Waals surface area contributed by atoms with Gasteiger partial charge in [0.2, 0.25) is 0 Å². The number of imidazole rings is 1. The molecule has 9 heteroatoms. The molecule has 1 amide bonds. The minimum absolute atomic E-state index is 0.204. The standard InChI is InChI=1S/C24H18F2N6O/c1-2-20(16-7-8-18-15(21(16)26)4-3-9-28-18)32-12-30-23-24(32)31-19(11-29-23)13-5-6-14(22(27)33)17(25)10-13/h3-12,20H,2H2,1H3,(H2,27,33). The summed E-state index contributed by atoms with van der Waals surface area (Å²) < 4.78 is 31.4. The maximum absolute atomic E-state index is 15.4. The van der Waals surface area contributed by atoms with E-state index in [1.54, 1.807) is 47.4 Å². The van der Waals surface area contributed by atoms with Crippen LogP contribution in [-0.2, 0) is 0 Å². The molecule has 0 aliphatic carbocycles. The number of nitrogens with two attached hydrogens (primary N) is 1. The third-order valence-electron chi connectivity index (χ3n) is 5.65. The van der Waals surface area contributed by atoms with Gasteiger partial charge in [0.05, 0.1) is 35.3 Å². The van der Waals surface area contributed by atoms with Crippen molar-refractivity contribution in [2.24, 2.45) is 5.73 Å². The van der Waals surface area contributed by atoms with Crippen molar-refractivity contribution in [2.45, 2.75) is 19.4 Å². The summed E-state index contributed by atoms with van der Waals surface area (Å²) in [6.45, 7) is 1.94. The number of pyridine rings is 1. The number of benzene rings is 2. The van der Waals surface area contributed by atoms with Gasteiger partial charge in [-0.3, -0.25) is 9.78 Å². The number of fused-ring (bicyclic) bond motifs is 2. The van der Waals surface area contributed by atoms with E-state index in [9.17, 15) is 9.18 Å². The van der Waals surface area contributed by atoms with Crippen LogP contribution in [0.2, 0.25) is 0 Å². The van der Waals surface area contributed by atoms with Crippen molar-refractivity contribution in [3.63, 3.8) is 0 Å². The van der Waals surface area contributed by atoms with Crippen LogP contribution in [0.4, 0.5) is 8.78 Å². The molecule has 164 valence electrons. The number of carbonyl (C=O) groups is 1. The van der Waals surface area contributed by atoms with E-state index in [4.69, 9.17) is 5.73 Å². The second kappa shape index (κ2) is 8.01. The highest BCUT2D eigenvalue weighted by molar-refractivity contribution is 5.93. The van der Waals surface area contributed by atoms with Crippen molar-refractivity contribution >= 4 is 28.1 Å². The number of rotatable bonds is 5. The summed E-state index contributed by atoms with van der Waals surface area (Å²) in [5.41, 5.74) is 7.67. The van der Waals surface area contributed by atoms with Crippen LogP contribution < -0.4 is 5.73 Å². The normalized spacial score (nSPS) is 12.3. The number of amides is 1. The van der Waals surface area contributed by atoms with Crippen LogP contribution in [-0.4, -0.2) is 30.4 Å². The zero-order valence-corrected chi connectivity index (χ0v) is 17.5. The molecule has 0 aliphatic heterocycles. The Bertz CT molecular complexity index is 1530. The molecule has 2 aromatic carbocycles. The molecular formula is C24H18F2N6O. The monoisotopic (exact) mass is 444 g/mol. The molecule has 0 bridgehead atoms. The van der Waals surface area contributed by atoms with Crippen molar-refractivity contribution in [1.29, 1.82) is 0 Å². The number of carbonyl (C=O) groups excluding carboxylic acids is 1. The number of hydrogen-bond acceptors (Lipinski definition) is 5. The molecule has 1 unspecified atom stereocenters. The second-order valence-electron chi connectivity index (χ2n) is 7.58. The van der Waals surface area contributed by atoms with E-state index in [0.717, 1.165) is 0 Å². The van der Waals surface area contributed by atoms with Crippen LogP contribution >= 0.6 is 0 Å². The Labute approximate surface area is 186 Å². The van der Waals surface area contributed by atoms with E-state index in [1.165, 1.54) is 18.3 Å². The number of halogens is 2. The van der Waals surface area contributed by atoms with Gasteiger partial charge in [0.25, 0.3) is 5.91 Å². The lowest BCUT2D eigenvalue weighted by molar-refractivity contribution is 0.0996. The predicted molar refractivity (Wildman–Crippen MR) is 119 cm³/mol. The Morgan fingerprint density at radius 1 is 1.12 bits per heavy atom. The molecule has 3 aromatic heterocycles. The fraction of sp³-hybridized carbons (Fsp3) is 0.125. The highest BCUT2D eigenvalue weighted by Crippen LogP contribution is 2.31. The lowest BCUT2D eigenvalue weighted by Gasteiger charge is -2.19. The van der Waals surface area contributed by atoms with Gasteiger partial charge < -0.3 is 10.3 Å². The molecule has 5 rings (SSSR count). The van der Waals surface area contributed by atoms with E-state index in [1.807, 2.05) is 6.92 Å². The molecule has 0 spiro atoms. The zero-order valence-electron chi connectivity index (χ0n) is 17.5. The van der Waals surface area contributed by atoms with Crippen LogP contribution in [0, 0.1) is 11.6 Å². The molecule has 3 heterocycles. The molecule has 0 aliphatic rings. The van der Waals surface area contributed by atoms with Crippen LogP contribution in [0.15, 0.2) is 61.2 Å². The van der Waals surface area contributed by atoms with Gasteiger partial charge in [-0.05, 0) is 36.8 Å². The molecular weight excluding hydrogens is 426 g/mol. The Balaban J connectivity index is 1.62. The predicted octanol–water partition coefficient (Wildman–Crippen LogP) is 4.42. The quantitative estimate of drug-likeness (QED) is 0.433. The molecule has 2 N–H and O–H groups in total. The summed E-state index contributed by atoms with van der Waals surface area (Å²) >= 11 is 0. The number of nitrogens with zero attached hydrogens (tertiary/aromatic N) is 5. The topological polar surface area (TPSA) is 99.6 Å². The van der Waals surface area contributed by atoms with E-state index in [2.05, 4.69) is 19.9 Å². The third-order valence-corrected chi connectivity index (χ3v) is 5.65. The van der Waals surface area contributed by atoms with Gasteiger partial charge in [-0.2, -0.15) is 0 Å². The third kappa shape index (κ3) is 3.47. The summed E-state index contributed by atoms with van der Waals surface area (Å²) in [4.78, 5) is 28.8. The van der Waals surface area contributed by atoms with Crippen molar-refractivity contribution in [1.82, 2.24) is 24.5 Å². The van der Waals surface area contributed by atoms with Crippen LogP contribution in [0.1, 0.15) is 35.3 Å². The van der Waals surface area contributed by atoms with Gasteiger partial charge in [-0.1, -0.05) is 19.1 Å². The SMILES string of the molecule is CCC(c1ccc2ncccc2c1F)n1cnc2ncc(-c3ccc(C(N)=O)c(F)c3)nc21. The summed E-state index contributed by atoms with van der Waals surface area (Å²) in [6.07, 6.45) is 5.24. The summed E-state index contributed by atoms with van der Waals surface area (Å²) in [5, 5.41) is 0.439. The van der Waals surface area contributed by atoms with Crippen molar-refractivity contribution in [2.75, 3.05) is 0 Å².